The molecule has 1 saturated heterocycles. The summed E-state index contributed by atoms with van der Waals surface area (Å²) in [6, 6.07) is 13.7. The van der Waals surface area contributed by atoms with Crippen molar-refractivity contribution in [3.63, 3.8) is 0 Å². The number of carbonyl (C=O) groups excluding carboxylic acids is 1. The number of benzene rings is 2. The zero-order valence-corrected chi connectivity index (χ0v) is 16.8. The third-order valence-corrected chi connectivity index (χ3v) is 6.38. The van der Waals surface area contributed by atoms with Crippen LogP contribution in [0.15, 0.2) is 48.5 Å². The molecule has 0 radical (unpaired) electrons. The molecule has 0 spiro atoms. The number of nitrogens with zero attached hydrogens (tertiary/aromatic N) is 1. The Labute approximate surface area is 165 Å². The third-order valence-electron chi connectivity index (χ3n) is 4.79. The SMILES string of the molecule is CC1CCCCN1C(=O)c1ccccc1NS(=O)(=O)Cc1ccccc1Cl. The van der Waals surface area contributed by atoms with Gasteiger partial charge in [0.05, 0.1) is 17.0 Å². The number of sulfonamides is 1. The lowest BCUT2D eigenvalue weighted by molar-refractivity contribution is 0.0636. The minimum atomic E-state index is -3.72. The first-order valence-electron chi connectivity index (χ1n) is 9.01. The van der Waals surface area contributed by atoms with Crippen molar-refractivity contribution in [3.05, 3.63) is 64.7 Å². The van der Waals surface area contributed by atoms with Gasteiger partial charge in [-0.3, -0.25) is 9.52 Å². The van der Waals surface area contributed by atoms with Crippen LogP contribution < -0.4 is 4.72 Å². The summed E-state index contributed by atoms with van der Waals surface area (Å²) in [7, 11) is -3.72. The van der Waals surface area contributed by atoms with Crippen molar-refractivity contribution in [1.82, 2.24) is 4.90 Å². The Morgan fingerprint density at radius 1 is 1.15 bits per heavy atom. The Hall–Kier alpha value is -2.05. The molecule has 5 nitrogen and oxygen atoms in total. The number of likely N-dealkylation sites (tertiary alicyclic amines) is 1. The van der Waals surface area contributed by atoms with Crippen LogP contribution in [0.3, 0.4) is 0 Å². The smallest absolute Gasteiger partial charge is 0.256 e. The Morgan fingerprint density at radius 2 is 1.85 bits per heavy atom. The van der Waals surface area contributed by atoms with Crippen molar-refractivity contribution in [3.8, 4) is 0 Å². The highest BCUT2D eigenvalue weighted by atomic mass is 35.5. The molecule has 144 valence electrons. The molecule has 1 aliphatic heterocycles. The van der Waals surface area contributed by atoms with Crippen LogP contribution in [0.4, 0.5) is 5.69 Å². The molecule has 2 aromatic rings. The van der Waals surface area contributed by atoms with E-state index in [1.165, 1.54) is 0 Å². The standard InChI is InChI=1S/C20H23ClN2O3S/c1-15-8-6-7-13-23(15)20(24)17-10-3-5-12-19(17)22-27(25,26)14-16-9-2-4-11-18(16)21/h2-5,9-12,15,22H,6-8,13-14H2,1H3. The van der Waals surface area contributed by atoms with E-state index < -0.39 is 10.0 Å². The minimum Gasteiger partial charge on any atom is -0.336 e. The van der Waals surface area contributed by atoms with Crippen molar-refractivity contribution in [1.29, 1.82) is 0 Å². The van der Waals surface area contributed by atoms with Crippen LogP contribution in [-0.4, -0.2) is 31.8 Å². The van der Waals surface area contributed by atoms with E-state index >= 15 is 0 Å². The first-order chi connectivity index (χ1) is 12.9. The van der Waals surface area contributed by atoms with Crippen molar-refractivity contribution in [2.24, 2.45) is 0 Å². The largest absolute Gasteiger partial charge is 0.336 e. The monoisotopic (exact) mass is 406 g/mol. The van der Waals surface area contributed by atoms with Gasteiger partial charge in [-0.25, -0.2) is 8.42 Å². The molecule has 1 aliphatic rings. The van der Waals surface area contributed by atoms with Gasteiger partial charge in [-0.15, -0.1) is 0 Å². The van der Waals surface area contributed by atoms with Crippen LogP contribution in [0.1, 0.15) is 42.1 Å². The fourth-order valence-corrected chi connectivity index (χ4v) is 4.87. The molecule has 1 atom stereocenters. The fourth-order valence-electron chi connectivity index (χ4n) is 3.34. The number of hydrogen-bond acceptors (Lipinski definition) is 3. The van der Waals surface area contributed by atoms with E-state index in [0.717, 1.165) is 19.3 Å². The first kappa shape index (κ1) is 19.7. The van der Waals surface area contributed by atoms with Gasteiger partial charge in [-0.2, -0.15) is 0 Å². The Bertz CT molecular complexity index is 930. The second-order valence-corrected chi connectivity index (χ2v) is 8.97. The summed E-state index contributed by atoms with van der Waals surface area (Å²) in [5.41, 5.74) is 1.18. The van der Waals surface area contributed by atoms with Gasteiger partial charge in [0.2, 0.25) is 10.0 Å². The van der Waals surface area contributed by atoms with E-state index in [2.05, 4.69) is 4.72 Å². The number of para-hydroxylation sites is 1. The maximum atomic E-state index is 13.0. The molecule has 1 amide bonds. The second kappa shape index (κ2) is 8.31. The van der Waals surface area contributed by atoms with Gasteiger partial charge in [0.25, 0.3) is 5.91 Å². The van der Waals surface area contributed by atoms with E-state index in [1.807, 2.05) is 11.8 Å². The second-order valence-electron chi connectivity index (χ2n) is 6.84. The molecule has 27 heavy (non-hydrogen) atoms. The number of piperidine rings is 1. The first-order valence-corrected chi connectivity index (χ1v) is 11.0. The lowest BCUT2D eigenvalue weighted by atomic mass is 10.0. The maximum absolute atomic E-state index is 13.0. The maximum Gasteiger partial charge on any atom is 0.256 e. The number of hydrogen-bond donors (Lipinski definition) is 1. The topological polar surface area (TPSA) is 66.5 Å². The van der Waals surface area contributed by atoms with Crippen LogP contribution in [-0.2, 0) is 15.8 Å². The molecule has 1 fully saturated rings. The summed E-state index contributed by atoms with van der Waals surface area (Å²) in [4.78, 5) is 14.8. The van der Waals surface area contributed by atoms with Crippen molar-refractivity contribution >= 4 is 33.2 Å². The molecule has 1 heterocycles. The predicted octanol–water partition coefficient (Wildman–Crippen LogP) is 4.30. The molecule has 0 bridgehead atoms. The van der Waals surface area contributed by atoms with Crippen molar-refractivity contribution < 1.29 is 13.2 Å². The molecule has 0 aromatic heterocycles. The molecule has 0 aliphatic carbocycles. The van der Waals surface area contributed by atoms with Crippen molar-refractivity contribution in [2.45, 2.75) is 38.0 Å². The Morgan fingerprint density at radius 3 is 2.59 bits per heavy atom. The summed E-state index contributed by atoms with van der Waals surface area (Å²) in [6.45, 7) is 2.72. The fraction of sp³-hybridized carbons (Fsp3) is 0.350. The van der Waals surface area contributed by atoms with E-state index in [9.17, 15) is 13.2 Å². The molecular weight excluding hydrogens is 384 g/mol. The number of amides is 1. The molecule has 3 rings (SSSR count). The van der Waals surface area contributed by atoms with Crippen LogP contribution in [0.2, 0.25) is 5.02 Å². The van der Waals surface area contributed by atoms with Crippen LogP contribution in [0.25, 0.3) is 0 Å². The minimum absolute atomic E-state index is 0.141. The zero-order chi connectivity index (χ0) is 19.4. The summed E-state index contributed by atoms with van der Waals surface area (Å²) in [5.74, 6) is -0.395. The van der Waals surface area contributed by atoms with Crippen LogP contribution in [0.5, 0.6) is 0 Å². The number of nitrogens with one attached hydrogen (secondary N) is 1. The van der Waals surface area contributed by atoms with Gasteiger partial charge in [-0.1, -0.05) is 41.9 Å². The average molecular weight is 407 g/mol. The highest BCUT2D eigenvalue weighted by Gasteiger charge is 2.26. The van der Waals surface area contributed by atoms with Gasteiger partial charge < -0.3 is 4.90 Å². The molecule has 7 heteroatoms. The number of rotatable bonds is 5. The van der Waals surface area contributed by atoms with E-state index in [0.29, 0.717) is 28.4 Å². The van der Waals surface area contributed by atoms with Gasteiger partial charge in [-0.05, 0) is 49.9 Å². The lowest BCUT2D eigenvalue weighted by Gasteiger charge is -2.34. The Balaban J connectivity index is 1.83. The van der Waals surface area contributed by atoms with E-state index in [4.69, 9.17) is 11.6 Å². The van der Waals surface area contributed by atoms with Crippen LogP contribution in [0, 0.1) is 0 Å². The van der Waals surface area contributed by atoms with Crippen LogP contribution >= 0.6 is 11.6 Å². The van der Waals surface area contributed by atoms with E-state index in [1.54, 1.807) is 48.5 Å². The molecule has 1 N–H and O–H groups in total. The molecular formula is C20H23ClN2O3S. The van der Waals surface area contributed by atoms with E-state index in [-0.39, 0.29) is 17.7 Å². The summed E-state index contributed by atoms with van der Waals surface area (Å²) < 4.78 is 27.8. The van der Waals surface area contributed by atoms with Gasteiger partial charge in [0.15, 0.2) is 0 Å². The average Bonchev–Trinajstić information content (AvgIpc) is 2.63. The molecule has 0 saturated carbocycles. The molecule has 1 unspecified atom stereocenters. The quantitative estimate of drug-likeness (QED) is 0.805. The summed E-state index contributed by atoms with van der Waals surface area (Å²) in [6.07, 6.45) is 3.04. The third kappa shape index (κ3) is 4.82. The zero-order valence-electron chi connectivity index (χ0n) is 15.2. The van der Waals surface area contributed by atoms with Crippen molar-refractivity contribution in [2.75, 3.05) is 11.3 Å². The number of carbonyl (C=O) groups is 1. The highest BCUT2D eigenvalue weighted by molar-refractivity contribution is 7.91. The van der Waals surface area contributed by atoms with Gasteiger partial charge in [0.1, 0.15) is 0 Å². The number of anilines is 1. The normalized spacial score (nSPS) is 17.6. The summed E-state index contributed by atoms with van der Waals surface area (Å²) >= 11 is 6.08. The van der Waals surface area contributed by atoms with Gasteiger partial charge >= 0.3 is 0 Å². The number of halogens is 1. The molecule has 2 aromatic carbocycles. The predicted molar refractivity (Wildman–Crippen MR) is 108 cm³/mol. The lowest BCUT2D eigenvalue weighted by Crippen LogP contribution is -2.42. The Kier molecular flexibility index (Phi) is 6.07. The van der Waals surface area contributed by atoms with Gasteiger partial charge in [0, 0.05) is 17.6 Å². The summed E-state index contributed by atoms with van der Waals surface area (Å²) in [5, 5.41) is 0.398. The highest BCUT2D eigenvalue weighted by Crippen LogP contribution is 2.25.